The molecule has 2 aromatic carbocycles. The number of nitrogens with zero attached hydrogens (tertiary/aromatic N) is 1. The highest BCUT2D eigenvalue weighted by Gasteiger charge is 2.33. The van der Waals surface area contributed by atoms with Crippen LogP contribution in [0.25, 0.3) is 6.08 Å². The van der Waals surface area contributed by atoms with Crippen molar-refractivity contribution in [2.75, 3.05) is 11.5 Å². The van der Waals surface area contributed by atoms with Gasteiger partial charge < -0.3 is 9.84 Å². The van der Waals surface area contributed by atoms with Crippen LogP contribution in [0.15, 0.2) is 53.4 Å². The average Bonchev–Trinajstić information content (AvgIpc) is 2.89. The maximum Gasteiger partial charge on any atom is 0.341 e. The van der Waals surface area contributed by atoms with E-state index in [-0.39, 0.29) is 11.1 Å². The lowest BCUT2D eigenvalue weighted by molar-refractivity contribution is -0.139. The van der Waals surface area contributed by atoms with Gasteiger partial charge in [-0.25, -0.2) is 4.79 Å². The number of hydrogen-bond acceptors (Lipinski definition) is 5. The molecular formula is C18H13ClN2O4S. The van der Waals surface area contributed by atoms with E-state index >= 15 is 0 Å². The van der Waals surface area contributed by atoms with E-state index < -0.39 is 12.6 Å². The van der Waals surface area contributed by atoms with Crippen LogP contribution in [0, 0.1) is 5.41 Å². The number of amidine groups is 1. The van der Waals surface area contributed by atoms with Crippen molar-refractivity contribution in [2.45, 2.75) is 0 Å². The summed E-state index contributed by atoms with van der Waals surface area (Å²) in [5.74, 6) is -0.908. The SMILES string of the molecule is N=C1SC(=Cc2ccc(OCC(=O)O)cc2)C(=O)N1c1ccc(Cl)cc1. The quantitative estimate of drug-likeness (QED) is 0.759. The van der Waals surface area contributed by atoms with E-state index in [1.807, 2.05) is 0 Å². The molecule has 6 nitrogen and oxygen atoms in total. The van der Waals surface area contributed by atoms with Gasteiger partial charge in [0.25, 0.3) is 5.91 Å². The van der Waals surface area contributed by atoms with Crippen LogP contribution >= 0.6 is 23.4 Å². The Balaban J connectivity index is 1.77. The minimum Gasteiger partial charge on any atom is -0.482 e. The number of carboxylic acid groups (broad SMARTS) is 1. The van der Waals surface area contributed by atoms with Crippen LogP contribution in [0.3, 0.4) is 0 Å². The summed E-state index contributed by atoms with van der Waals surface area (Å²) in [6.45, 7) is -0.415. The molecule has 1 fully saturated rings. The van der Waals surface area contributed by atoms with Crippen molar-refractivity contribution in [3.63, 3.8) is 0 Å². The molecule has 2 aromatic rings. The highest BCUT2D eigenvalue weighted by Crippen LogP contribution is 2.35. The first kappa shape index (κ1) is 18.0. The van der Waals surface area contributed by atoms with E-state index in [0.29, 0.717) is 21.4 Å². The summed E-state index contributed by atoms with van der Waals surface area (Å²) < 4.78 is 5.07. The van der Waals surface area contributed by atoms with E-state index in [4.69, 9.17) is 26.9 Å². The number of thioether (sulfide) groups is 1. The predicted molar refractivity (Wildman–Crippen MR) is 102 cm³/mol. The summed E-state index contributed by atoms with van der Waals surface area (Å²) in [6.07, 6.45) is 1.68. The second-order valence-corrected chi connectivity index (χ2v) is 6.75. The lowest BCUT2D eigenvalue weighted by Crippen LogP contribution is -2.27. The van der Waals surface area contributed by atoms with Crippen LogP contribution in [-0.2, 0) is 9.59 Å². The number of carbonyl (C=O) groups excluding carboxylic acids is 1. The third-order valence-corrected chi connectivity index (χ3v) is 4.59. The van der Waals surface area contributed by atoms with Gasteiger partial charge in [-0.15, -0.1) is 0 Å². The molecule has 8 heteroatoms. The Morgan fingerprint density at radius 1 is 1.19 bits per heavy atom. The van der Waals surface area contributed by atoms with Crippen molar-refractivity contribution >= 4 is 52.2 Å². The predicted octanol–water partition coefficient (Wildman–Crippen LogP) is 3.86. The smallest absolute Gasteiger partial charge is 0.341 e. The minimum absolute atomic E-state index is 0.116. The summed E-state index contributed by atoms with van der Waals surface area (Å²) in [5, 5.41) is 17.3. The lowest BCUT2D eigenvalue weighted by Gasteiger charge is -2.14. The van der Waals surface area contributed by atoms with Gasteiger partial charge in [-0.3, -0.25) is 15.1 Å². The first-order valence-electron chi connectivity index (χ1n) is 7.47. The monoisotopic (exact) mass is 388 g/mol. The fraction of sp³-hybridized carbons (Fsp3) is 0.0556. The Bertz CT molecular complexity index is 894. The highest BCUT2D eigenvalue weighted by atomic mass is 35.5. The topological polar surface area (TPSA) is 90.7 Å². The van der Waals surface area contributed by atoms with Crippen molar-refractivity contribution in [1.29, 1.82) is 5.41 Å². The van der Waals surface area contributed by atoms with Gasteiger partial charge in [0.1, 0.15) is 5.75 Å². The molecule has 2 N–H and O–H groups in total. The number of rotatable bonds is 5. The normalized spacial score (nSPS) is 15.6. The number of halogens is 1. The molecule has 3 rings (SSSR count). The zero-order valence-corrected chi connectivity index (χ0v) is 14.9. The molecule has 0 unspecified atom stereocenters. The highest BCUT2D eigenvalue weighted by molar-refractivity contribution is 8.19. The molecule has 132 valence electrons. The van der Waals surface area contributed by atoms with Crippen LogP contribution in [-0.4, -0.2) is 28.8 Å². The molecule has 0 spiro atoms. The van der Waals surface area contributed by atoms with Crippen molar-refractivity contribution in [2.24, 2.45) is 0 Å². The average molecular weight is 389 g/mol. The first-order chi connectivity index (χ1) is 12.4. The Morgan fingerprint density at radius 2 is 1.85 bits per heavy atom. The van der Waals surface area contributed by atoms with E-state index in [0.717, 1.165) is 17.3 Å². The Kier molecular flexibility index (Phi) is 5.29. The zero-order valence-electron chi connectivity index (χ0n) is 13.3. The van der Waals surface area contributed by atoms with Crippen molar-refractivity contribution in [3.05, 3.63) is 64.0 Å². The molecule has 0 radical (unpaired) electrons. The third-order valence-electron chi connectivity index (χ3n) is 3.45. The molecule has 1 amide bonds. The summed E-state index contributed by atoms with van der Waals surface area (Å²) in [7, 11) is 0. The van der Waals surface area contributed by atoms with Gasteiger partial charge in [-0.1, -0.05) is 23.7 Å². The molecule has 0 atom stereocenters. The molecule has 1 aliphatic rings. The van der Waals surface area contributed by atoms with E-state index in [1.54, 1.807) is 54.6 Å². The number of carboxylic acids is 1. The van der Waals surface area contributed by atoms with Gasteiger partial charge in [-0.2, -0.15) is 0 Å². The summed E-state index contributed by atoms with van der Waals surface area (Å²) >= 11 is 6.94. The maximum atomic E-state index is 12.6. The maximum absolute atomic E-state index is 12.6. The van der Waals surface area contributed by atoms with Crippen LogP contribution in [0.1, 0.15) is 5.56 Å². The van der Waals surface area contributed by atoms with Gasteiger partial charge in [0.05, 0.1) is 10.6 Å². The second kappa shape index (κ2) is 7.63. The number of ether oxygens (including phenoxy) is 1. The fourth-order valence-electron chi connectivity index (χ4n) is 2.27. The number of aliphatic carboxylic acids is 1. The summed E-state index contributed by atoms with van der Waals surface area (Å²) in [4.78, 5) is 24.9. The van der Waals surface area contributed by atoms with Gasteiger partial charge in [-0.05, 0) is 59.8 Å². The minimum atomic E-state index is -1.05. The third kappa shape index (κ3) is 4.07. The van der Waals surface area contributed by atoms with Gasteiger partial charge in [0.2, 0.25) is 0 Å². The Morgan fingerprint density at radius 3 is 2.46 bits per heavy atom. The fourth-order valence-corrected chi connectivity index (χ4v) is 3.26. The van der Waals surface area contributed by atoms with Crippen molar-refractivity contribution in [1.82, 2.24) is 0 Å². The standard InChI is InChI=1S/C18H13ClN2O4S/c19-12-3-5-13(6-4-12)21-17(24)15(26-18(21)20)9-11-1-7-14(8-2-11)25-10-16(22)23/h1-9,20H,10H2,(H,22,23). The number of carbonyl (C=O) groups is 2. The second-order valence-electron chi connectivity index (χ2n) is 5.28. The molecule has 1 aliphatic heterocycles. The number of hydrogen-bond donors (Lipinski definition) is 2. The number of benzene rings is 2. The molecule has 0 saturated carbocycles. The summed E-state index contributed by atoms with van der Waals surface area (Å²) in [6, 6.07) is 13.4. The molecule has 1 heterocycles. The number of nitrogens with one attached hydrogen (secondary N) is 1. The molecule has 26 heavy (non-hydrogen) atoms. The van der Waals surface area contributed by atoms with Crippen LogP contribution < -0.4 is 9.64 Å². The van der Waals surface area contributed by atoms with Gasteiger partial charge in [0, 0.05) is 5.02 Å². The van der Waals surface area contributed by atoms with Crippen LogP contribution in [0.2, 0.25) is 5.02 Å². The number of amides is 1. The van der Waals surface area contributed by atoms with Crippen LogP contribution in [0.5, 0.6) is 5.75 Å². The molecule has 1 saturated heterocycles. The van der Waals surface area contributed by atoms with Crippen molar-refractivity contribution in [3.8, 4) is 5.75 Å². The van der Waals surface area contributed by atoms with Crippen molar-refractivity contribution < 1.29 is 19.4 Å². The summed E-state index contributed by atoms with van der Waals surface area (Å²) in [5.41, 5.74) is 1.33. The molecule has 0 bridgehead atoms. The first-order valence-corrected chi connectivity index (χ1v) is 8.66. The van der Waals surface area contributed by atoms with Gasteiger partial charge in [0.15, 0.2) is 11.8 Å². The van der Waals surface area contributed by atoms with E-state index in [1.165, 1.54) is 4.90 Å². The molecule has 0 aromatic heterocycles. The largest absolute Gasteiger partial charge is 0.482 e. The molecule has 0 aliphatic carbocycles. The zero-order chi connectivity index (χ0) is 18.7. The lowest BCUT2D eigenvalue weighted by atomic mass is 10.2. The Labute approximate surface area is 158 Å². The Hall–Kier alpha value is -2.77. The van der Waals surface area contributed by atoms with E-state index in [9.17, 15) is 9.59 Å². The van der Waals surface area contributed by atoms with Gasteiger partial charge >= 0.3 is 5.97 Å². The molecular weight excluding hydrogens is 376 g/mol. The van der Waals surface area contributed by atoms with Crippen LogP contribution in [0.4, 0.5) is 5.69 Å². The van der Waals surface area contributed by atoms with E-state index in [2.05, 4.69) is 0 Å². The number of anilines is 1.